The van der Waals surface area contributed by atoms with Crippen LogP contribution in [0.1, 0.15) is 56.3 Å². The van der Waals surface area contributed by atoms with Crippen molar-refractivity contribution in [2.24, 2.45) is 0 Å². The van der Waals surface area contributed by atoms with Crippen LogP contribution in [0.4, 0.5) is 8.78 Å². The van der Waals surface area contributed by atoms with Crippen LogP contribution in [0.3, 0.4) is 0 Å². The number of benzene rings is 3. The lowest BCUT2D eigenvalue weighted by Crippen LogP contribution is -2.52. The fraction of sp³-hybridized carbons (Fsp3) is 0.290. The van der Waals surface area contributed by atoms with Crippen molar-refractivity contribution in [1.29, 1.82) is 0 Å². The van der Waals surface area contributed by atoms with Crippen LogP contribution < -0.4 is 5.32 Å². The minimum Gasteiger partial charge on any atom is -0.336 e. The number of piperazine rings is 1. The van der Waals surface area contributed by atoms with Gasteiger partial charge in [0.25, 0.3) is 11.8 Å². The number of hydrogen-bond acceptors (Lipinski definition) is 5. The van der Waals surface area contributed by atoms with Crippen LogP contribution in [0, 0.1) is 11.6 Å². The van der Waals surface area contributed by atoms with Crippen molar-refractivity contribution in [3.05, 3.63) is 106 Å². The van der Waals surface area contributed by atoms with Gasteiger partial charge in [-0.15, -0.1) is 0 Å². The van der Waals surface area contributed by atoms with Crippen molar-refractivity contribution in [2.45, 2.75) is 31.5 Å². The molecule has 2 saturated heterocycles. The van der Waals surface area contributed by atoms with Crippen molar-refractivity contribution >= 4 is 23.6 Å². The van der Waals surface area contributed by atoms with E-state index in [4.69, 9.17) is 0 Å². The molecule has 0 saturated carbocycles. The smallest absolute Gasteiger partial charge is 0.255 e. The Bertz CT molecular complexity index is 1510. The number of hydrogen-bond donors (Lipinski definition) is 1. The van der Waals surface area contributed by atoms with Gasteiger partial charge in [0.2, 0.25) is 11.8 Å². The summed E-state index contributed by atoms with van der Waals surface area (Å²) in [5, 5.41) is 2.29. The van der Waals surface area contributed by atoms with Crippen molar-refractivity contribution < 1.29 is 28.0 Å². The molecule has 41 heavy (non-hydrogen) atoms. The van der Waals surface area contributed by atoms with Crippen molar-refractivity contribution in [1.82, 2.24) is 20.0 Å². The number of carbonyl (C=O) groups is 4. The quantitative estimate of drug-likeness (QED) is 0.486. The topological polar surface area (TPSA) is 90.0 Å². The summed E-state index contributed by atoms with van der Waals surface area (Å²) >= 11 is 0. The highest BCUT2D eigenvalue weighted by molar-refractivity contribution is 6.07. The lowest BCUT2D eigenvalue weighted by atomic mass is 9.96. The van der Waals surface area contributed by atoms with Crippen LogP contribution in [0.25, 0.3) is 0 Å². The molecule has 1 atom stereocenters. The summed E-state index contributed by atoms with van der Waals surface area (Å²) in [7, 11) is 0. The molecule has 0 aliphatic carbocycles. The molecule has 210 valence electrons. The SMILES string of the molecule is O=C1CCC(N2Cc3c(C(=O)N4CCN(C(c5cccc(F)c5)c5cccc(F)c5)CC4)cccc3C2=O)C(=O)N1. The van der Waals surface area contributed by atoms with Gasteiger partial charge in [0.1, 0.15) is 17.7 Å². The second-order valence-electron chi connectivity index (χ2n) is 10.6. The highest BCUT2D eigenvalue weighted by Crippen LogP contribution is 2.33. The number of amides is 4. The van der Waals surface area contributed by atoms with Gasteiger partial charge in [0.05, 0.1) is 6.04 Å². The van der Waals surface area contributed by atoms with Gasteiger partial charge in [0.15, 0.2) is 0 Å². The molecule has 3 aromatic rings. The fourth-order valence-corrected chi connectivity index (χ4v) is 6.11. The number of piperidine rings is 1. The summed E-state index contributed by atoms with van der Waals surface area (Å²) in [4.78, 5) is 56.2. The average molecular weight is 559 g/mol. The zero-order valence-corrected chi connectivity index (χ0v) is 22.2. The second-order valence-corrected chi connectivity index (χ2v) is 10.6. The van der Waals surface area contributed by atoms with E-state index in [9.17, 15) is 28.0 Å². The van der Waals surface area contributed by atoms with Gasteiger partial charge >= 0.3 is 0 Å². The maximum Gasteiger partial charge on any atom is 0.255 e. The molecule has 0 spiro atoms. The molecule has 3 aliphatic rings. The van der Waals surface area contributed by atoms with E-state index < -0.39 is 11.9 Å². The summed E-state index contributed by atoms with van der Waals surface area (Å²) in [5.41, 5.74) is 2.76. The van der Waals surface area contributed by atoms with E-state index in [0.717, 1.165) is 0 Å². The van der Waals surface area contributed by atoms with E-state index in [1.165, 1.54) is 29.2 Å². The Hall–Kier alpha value is -4.44. The Morgan fingerprint density at radius 2 is 1.49 bits per heavy atom. The molecule has 3 aliphatic heterocycles. The van der Waals surface area contributed by atoms with Gasteiger partial charge in [-0.1, -0.05) is 30.3 Å². The number of carbonyl (C=O) groups excluding carboxylic acids is 4. The highest BCUT2D eigenvalue weighted by atomic mass is 19.1. The zero-order valence-electron chi connectivity index (χ0n) is 22.2. The minimum absolute atomic E-state index is 0.115. The fourth-order valence-electron chi connectivity index (χ4n) is 6.11. The molecule has 1 unspecified atom stereocenters. The first-order valence-corrected chi connectivity index (χ1v) is 13.6. The van der Waals surface area contributed by atoms with Crippen molar-refractivity contribution in [2.75, 3.05) is 26.2 Å². The largest absolute Gasteiger partial charge is 0.336 e. The third kappa shape index (κ3) is 5.11. The maximum absolute atomic E-state index is 14.2. The number of fused-ring (bicyclic) bond motifs is 1. The highest BCUT2D eigenvalue weighted by Gasteiger charge is 2.41. The number of nitrogens with one attached hydrogen (secondary N) is 1. The van der Waals surface area contributed by atoms with E-state index in [0.29, 0.717) is 54.0 Å². The Morgan fingerprint density at radius 3 is 2.10 bits per heavy atom. The maximum atomic E-state index is 14.2. The third-order valence-corrected chi connectivity index (χ3v) is 8.11. The summed E-state index contributed by atoms with van der Waals surface area (Å²) in [5.74, 6) is -2.16. The molecule has 3 heterocycles. The van der Waals surface area contributed by atoms with Gasteiger partial charge < -0.3 is 9.80 Å². The van der Waals surface area contributed by atoms with E-state index in [2.05, 4.69) is 10.2 Å². The first-order valence-electron chi connectivity index (χ1n) is 13.6. The molecule has 8 nitrogen and oxygen atoms in total. The molecule has 3 aromatic carbocycles. The van der Waals surface area contributed by atoms with Crippen LogP contribution in [0.5, 0.6) is 0 Å². The molecule has 6 rings (SSSR count). The normalized spacial score (nSPS) is 19.5. The number of nitrogens with zero attached hydrogens (tertiary/aromatic N) is 3. The number of halogens is 2. The van der Waals surface area contributed by atoms with E-state index >= 15 is 0 Å². The summed E-state index contributed by atoms with van der Waals surface area (Å²) < 4.78 is 28.3. The van der Waals surface area contributed by atoms with Crippen molar-refractivity contribution in [3.8, 4) is 0 Å². The van der Waals surface area contributed by atoms with Crippen LogP contribution >= 0.6 is 0 Å². The minimum atomic E-state index is -0.762. The molecule has 0 bridgehead atoms. The molecule has 2 fully saturated rings. The zero-order chi connectivity index (χ0) is 28.7. The average Bonchev–Trinajstić information content (AvgIpc) is 3.29. The molecule has 1 N–H and O–H groups in total. The molecular formula is C31H28F2N4O4. The molecule has 0 radical (unpaired) electrons. The number of rotatable bonds is 5. The lowest BCUT2D eigenvalue weighted by Gasteiger charge is -2.40. The standard InChI is InChI=1S/C31H28F2N4O4/c32-21-6-1-4-19(16-21)28(20-5-2-7-22(33)17-20)35-12-14-36(15-13-35)30(40)23-8-3-9-24-25(23)18-37(31(24)41)26-10-11-27(38)34-29(26)39/h1-9,16-17,26,28H,10-15,18H2,(H,34,38,39). The van der Waals surface area contributed by atoms with E-state index in [1.54, 1.807) is 35.2 Å². The predicted molar refractivity (Wildman–Crippen MR) is 145 cm³/mol. The second kappa shape index (κ2) is 10.9. The van der Waals surface area contributed by atoms with E-state index in [-0.39, 0.29) is 54.8 Å². The lowest BCUT2D eigenvalue weighted by molar-refractivity contribution is -0.136. The van der Waals surface area contributed by atoms with Gasteiger partial charge in [-0.25, -0.2) is 8.78 Å². The summed E-state index contributed by atoms with van der Waals surface area (Å²) in [6, 6.07) is 16.4. The number of imide groups is 1. The predicted octanol–water partition coefficient (Wildman–Crippen LogP) is 3.27. The van der Waals surface area contributed by atoms with Gasteiger partial charge in [-0.2, -0.15) is 0 Å². The Balaban J connectivity index is 1.20. The summed E-state index contributed by atoms with van der Waals surface area (Å²) in [6.07, 6.45) is 0.395. The van der Waals surface area contributed by atoms with Gasteiger partial charge in [-0.3, -0.25) is 29.4 Å². The van der Waals surface area contributed by atoms with Crippen molar-refractivity contribution in [3.63, 3.8) is 0 Å². The summed E-state index contributed by atoms with van der Waals surface area (Å²) in [6.45, 7) is 1.83. The first-order chi connectivity index (χ1) is 19.8. The molecule has 4 amide bonds. The van der Waals surface area contributed by atoms with E-state index in [1.807, 2.05) is 12.1 Å². The van der Waals surface area contributed by atoms with Crippen LogP contribution in [-0.2, 0) is 16.1 Å². The van der Waals surface area contributed by atoms with Crippen LogP contribution in [0.15, 0.2) is 66.7 Å². The Kier molecular flexibility index (Phi) is 7.08. The van der Waals surface area contributed by atoms with Crippen LogP contribution in [-0.4, -0.2) is 70.5 Å². The molecular weight excluding hydrogens is 530 g/mol. The van der Waals surface area contributed by atoms with Gasteiger partial charge in [-0.05, 0) is 59.5 Å². The van der Waals surface area contributed by atoms with Gasteiger partial charge in [0, 0.05) is 50.3 Å². The first kappa shape index (κ1) is 26.8. The third-order valence-electron chi connectivity index (χ3n) is 8.11. The molecule has 0 aromatic heterocycles. The Morgan fingerprint density at radius 1 is 0.854 bits per heavy atom. The Labute approximate surface area is 235 Å². The molecule has 10 heteroatoms. The van der Waals surface area contributed by atoms with Crippen LogP contribution in [0.2, 0.25) is 0 Å². The monoisotopic (exact) mass is 558 g/mol.